The maximum atomic E-state index is 12.9. The Morgan fingerprint density at radius 3 is 2.37 bits per heavy atom. The fourth-order valence-corrected chi connectivity index (χ4v) is 4.46. The number of rotatable bonds is 2. The van der Waals surface area contributed by atoms with Crippen LogP contribution in [0.2, 0.25) is 0 Å². The number of fused-ring (bicyclic) bond motifs is 2. The van der Waals surface area contributed by atoms with Crippen molar-refractivity contribution in [2.45, 2.75) is 38.6 Å². The number of nitrogens with zero attached hydrogens (tertiary/aromatic N) is 4. The van der Waals surface area contributed by atoms with Gasteiger partial charge in [0.05, 0.1) is 11.8 Å². The van der Waals surface area contributed by atoms with Gasteiger partial charge in [0.15, 0.2) is 0 Å². The summed E-state index contributed by atoms with van der Waals surface area (Å²) in [6, 6.07) is 9.88. The van der Waals surface area contributed by atoms with Crippen LogP contribution < -0.4 is 10.2 Å². The van der Waals surface area contributed by atoms with Crippen LogP contribution in [0.1, 0.15) is 44.2 Å². The summed E-state index contributed by atoms with van der Waals surface area (Å²) in [7, 11) is 0. The number of amides is 2. The van der Waals surface area contributed by atoms with Crippen LogP contribution in [0.3, 0.4) is 0 Å². The van der Waals surface area contributed by atoms with Crippen molar-refractivity contribution in [3.05, 3.63) is 47.7 Å². The molecule has 1 aromatic carbocycles. The summed E-state index contributed by atoms with van der Waals surface area (Å²) < 4.78 is 1.75. The zero-order chi connectivity index (χ0) is 18.5. The number of carbonyl (C=O) groups is 2. The highest BCUT2D eigenvalue weighted by Crippen LogP contribution is 2.40. The molecule has 1 saturated heterocycles. The number of aromatic nitrogens is 3. The largest absolute Gasteiger partial charge is 0.329 e. The average Bonchev–Trinajstić information content (AvgIpc) is 3.21. The van der Waals surface area contributed by atoms with Crippen molar-refractivity contribution in [3.8, 4) is 0 Å². The molecule has 2 fully saturated rings. The summed E-state index contributed by atoms with van der Waals surface area (Å²) in [6.07, 6.45) is 5.63. The molecule has 7 nitrogen and oxygen atoms in total. The summed E-state index contributed by atoms with van der Waals surface area (Å²) in [5.74, 6) is 0.0384. The van der Waals surface area contributed by atoms with Gasteiger partial charge in [0.2, 0.25) is 17.8 Å². The van der Waals surface area contributed by atoms with Gasteiger partial charge in [-0.25, -0.2) is 9.58 Å². The van der Waals surface area contributed by atoms with E-state index in [1.54, 1.807) is 4.68 Å². The number of hydrogen-bond donors (Lipinski definition) is 1. The van der Waals surface area contributed by atoms with Crippen LogP contribution in [0.15, 0.2) is 42.1 Å². The molecule has 0 unspecified atom stereocenters. The maximum Gasteiger partial charge on any atom is 0.260 e. The summed E-state index contributed by atoms with van der Waals surface area (Å²) in [4.78, 5) is 31.4. The molecule has 5 rings (SSSR count). The van der Waals surface area contributed by atoms with Crippen LogP contribution in [0.4, 0.5) is 11.9 Å². The molecule has 3 aliphatic rings. The molecule has 7 heteroatoms. The van der Waals surface area contributed by atoms with E-state index in [1.165, 1.54) is 4.90 Å². The standard InChI is InChI=1S/C20H21N5O2/c1-12-11-16(13-7-3-2-4-8-13)25-19(21-12)22-20(23-25)24-17(26)14-9-5-6-10-15(14)18(24)27/h2-4,7-8,11,14-16H,5-6,9-10H2,1H3,(H,21,22,23)/t14-,15+,16-/m0/s1. The Morgan fingerprint density at radius 1 is 1.04 bits per heavy atom. The Bertz CT molecular complexity index is 925. The molecule has 2 aliphatic heterocycles. The molecule has 1 aliphatic carbocycles. The third-order valence-electron chi connectivity index (χ3n) is 5.78. The molecular formula is C20H21N5O2. The third kappa shape index (κ3) is 2.49. The molecule has 2 aromatic rings. The first-order chi connectivity index (χ1) is 13.1. The van der Waals surface area contributed by atoms with Gasteiger partial charge in [-0.3, -0.25) is 9.59 Å². The summed E-state index contributed by atoms with van der Waals surface area (Å²) in [6.45, 7) is 1.97. The van der Waals surface area contributed by atoms with Gasteiger partial charge in [0, 0.05) is 5.70 Å². The zero-order valence-corrected chi connectivity index (χ0v) is 15.1. The highest BCUT2D eigenvalue weighted by Gasteiger charge is 2.50. The fourth-order valence-electron chi connectivity index (χ4n) is 4.46. The topological polar surface area (TPSA) is 80.1 Å². The van der Waals surface area contributed by atoms with E-state index in [-0.39, 0.29) is 35.6 Å². The van der Waals surface area contributed by atoms with Gasteiger partial charge in [-0.1, -0.05) is 43.2 Å². The average molecular weight is 363 g/mol. The number of carbonyl (C=O) groups excluding carboxylic acids is 2. The summed E-state index contributed by atoms with van der Waals surface area (Å²) in [5, 5.41) is 7.76. The van der Waals surface area contributed by atoms with Gasteiger partial charge in [0.1, 0.15) is 6.04 Å². The van der Waals surface area contributed by atoms with Crippen LogP contribution >= 0.6 is 0 Å². The Morgan fingerprint density at radius 2 is 1.70 bits per heavy atom. The van der Waals surface area contributed by atoms with Gasteiger partial charge < -0.3 is 5.32 Å². The number of nitrogens with one attached hydrogen (secondary N) is 1. The lowest BCUT2D eigenvalue weighted by atomic mass is 9.81. The summed E-state index contributed by atoms with van der Waals surface area (Å²) in [5.41, 5.74) is 2.03. The van der Waals surface area contributed by atoms with Crippen LogP contribution in [-0.2, 0) is 9.59 Å². The molecule has 3 heterocycles. The minimum Gasteiger partial charge on any atom is -0.329 e. The van der Waals surface area contributed by atoms with Crippen LogP contribution in [0.5, 0.6) is 0 Å². The Balaban J connectivity index is 1.54. The summed E-state index contributed by atoms with van der Waals surface area (Å²) >= 11 is 0. The van der Waals surface area contributed by atoms with E-state index in [4.69, 9.17) is 0 Å². The predicted octanol–water partition coefficient (Wildman–Crippen LogP) is 2.88. The second-order valence-electron chi connectivity index (χ2n) is 7.52. The number of anilines is 2. The first-order valence-electron chi connectivity index (χ1n) is 9.48. The molecule has 0 radical (unpaired) electrons. The first-order valence-corrected chi connectivity index (χ1v) is 9.48. The third-order valence-corrected chi connectivity index (χ3v) is 5.78. The smallest absolute Gasteiger partial charge is 0.260 e. The van der Waals surface area contributed by atoms with Crippen molar-refractivity contribution >= 4 is 23.7 Å². The highest BCUT2D eigenvalue weighted by atomic mass is 16.2. The maximum absolute atomic E-state index is 12.9. The Kier molecular flexibility index (Phi) is 3.63. The minimum absolute atomic E-state index is 0.126. The quantitative estimate of drug-likeness (QED) is 0.830. The number of imide groups is 1. The van der Waals surface area contributed by atoms with Crippen molar-refractivity contribution in [1.82, 2.24) is 14.8 Å². The molecule has 27 heavy (non-hydrogen) atoms. The van der Waals surface area contributed by atoms with Crippen molar-refractivity contribution in [2.75, 3.05) is 10.2 Å². The van der Waals surface area contributed by atoms with Crippen molar-refractivity contribution in [2.24, 2.45) is 11.8 Å². The van der Waals surface area contributed by atoms with Gasteiger partial charge in [-0.05, 0) is 31.4 Å². The molecule has 138 valence electrons. The van der Waals surface area contributed by atoms with Crippen LogP contribution in [0.25, 0.3) is 0 Å². The second-order valence-corrected chi connectivity index (χ2v) is 7.52. The van der Waals surface area contributed by atoms with Gasteiger partial charge in [-0.15, -0.1) is 5.10 Å². The molecule has 1 N–H and O–H groups in total. The SMILES string of the molecule is CC1=C[C@@H](c2ccccc2)n2nc(N3C(=O)[C@H]4CCCC[C@H]4C3=O)nc2N1. The van der Waals surface area contributed by atoms with E-state index in [0.29, 0.717) is 5.95 Å². The van der Waals surface area contributed by atoms with E-state index < -0.39 is 0 Å². The zero-order valence-electron chi connectivity index (χ0n) is 15.1. The second kappa shape index (κ2) is 6.04. The van der Waals surface area contributed by atoms with Gasteiger partial charge in [0.25, 0.3) is 5.95 Å². The van der Waals surface area contributed by atoms with E-state index in [2.05, 4.69) is 21.5 Å². The van der Waals surface area contributed by atoms with Gasteiger partial charge >= 0.3 is 0 Å². The molecule has 3 atom stereocenters. The van der Waals surface area contributed by atoms with Crippen molar-refractivity contribution in [3.63, 3.8) is 0 Å². The lowest BCUT2D eigenvalue weighted by molar-refractivity contribution is -0.122. The lowest BCUT2D eigenvalue weighted by Gasteiger charge is -2.22. The number of hydrogen-bond acceptors (Lipinski definition) is 5. The molecule has 0 bridgehead atoms. The monoisotopic (exact) mass is 363 g/mol. The molecule has 1 aromatic heterocycles. The number of benzene rings is 1. The van der Waals surface area contributed by atoms with Crippen molar-refractivity contribution in [1.29, 1.82) is 0 Å². The number of allylic oxidation sites excluding steroid dienone is 2. The van der Waals surface area contributed by atoms with E-state index >= 15 is 0 Å². The van der Waals surface area contributed by atoms with Crippen LogP contribution in [0, 0.1) is 11.8 Å². The van der Waals surface area contributed by atoms with Crippen LogP contribution in [-0.4, -0.2) is 26.6 Å². The minimum atomic E-state index is -0.204. The lowest BCUT2D eigenvalue weighted by Crippen LogP contribution is -2.32. The molecule has 1 saturated carbocycles. The normalized spacial score (nSPS) is 27.1. The Hall–Kier alpha value is -2.96. The van der Waals surface area contributed by atoms with Crippen molar-refractivity contribution < 1.29 is 9.59 Å². The van der Waals surface area contributed by atoms with Gasteiger partial charge in [-0.2, -0.15) is 4.98 Å². The van der Waals surface area contributed by atoms with E-state index in [1.807, 2.05) is 37.3 Å². The highest BCUT2D eigenvalue weighted by molar-refractivity contribution is 6.21. The molecular weight excluding hydrogens is 342 g/mol. The molecule has 0 spiro atoms. The molecule has 2 amide bonds. The first kappa shape index (κ1) is 16.2. The Labute approximate surface area is 157 Å². The fraction of sp³-hybridized carbons (Fsp3) is 0.400. The van der Waals surface area contributed by atoms with E-state index in [0.717, 1.165) is 36.9 Å². The predicted molar refractivity (Wildman–Crippen MR) is 99.9 cm³/mol. The van der Waals surface area contributed by atoms with E-state index in [9.17, 15) is 9.59 Å².